The maximum Gasteiger partial charge on any atom is 0.335 e. The van der Waals surface area contributed by atoms with Gasteiger partial charge >= 0.3 is 5.97 Å². The fourth-order valence-corrected chi connectivity index (χ4v) is 3.75. The smallest absolute Gasteiger partial charge is 0.335 e. The SMILES string of the molecule is O=C(O)c1ccc(CNS(=O)(=O)c2cc(C(=O)Nc3ccccc3F)ccc2F)cc1. The number of amides is 1. The molecule has 0 bridgehead atoms. The van der Waals surface area contributed by atoms with Crippen LogP contribution in [0.3, 0.4) is 0 Å². The number of carboxylic acid groups (broad SMARTS) is 1. The first-order valence-corrected chi connectivity index (χ1v) is 10.3. The molecule has 0 spiro atoms. The van der Waals surface area contributed by atoms with E-state index in [0.717, 1.165) is 24.3 Å². The van der Waals surface area contributed by atoms with Crippen molar-refractivity contribution in [3.8, 4) is 0 Å². The Labute approximate surface area is 176 Å². The van der Waals surface area contributed by atoms with Gasteiger partial charge in [0.05, 0.1) is 11.3 Å². The van der Waals surface area contributed by atoms with Gasteiger partial charge in [0, 0.05) is 12.1 Å². The Kier molecular flexibility index (Phi) is 6.42. The molecular formula is C21H16F2N2O5S. The van der Waals surface area contributed by atoms with Crippen molar-refractivity contribution >= 4 is 27.6 Å². The first kappa shape index (κ1) is 22.1. The van der Waals surface area contributed by atoms with Crippen molar-refractivity contribution < 1.29 is 31.9 Å². The topological polar surface area (TPSA) is 113 Å². The van der Waals surface area contributed by atoms with Crippen molar-refractivity contribution in [1.29, 1.82) is 0 Å². The molecule has 7 nitrogen and oxygen atoms in total. The summed E-state index contributed by atoms with van der Waals surface area (Å²) >= 11 is 0. The average molecular weight is 446 g/mol. The quantitative estimate of drug-likeness (QED) is 0.515. The molecule has 0 fully saturated rings. The lowest BCUT2D eigenvalue weighted by atomic mass is 10.1. The molecule has 10 heteroatoms. The summed E-state index contributed by atoms with van der Waals surface area (Å²) in [5.74, 6) is -3.69. The molecule has 0 aliphatic rings. The Morgan fingerprint density at radius 2 is 1.52 bits per heavy atom. The number of benzene rings is 3. The third-order valence-electron chi connectivity index (χ3n) is 4.27. The zero-order valence-electron chi connectivity index (χ0n) is 15.8. The van der Waals surface area contributed by atoms with Gasteiger partial charge in [-0.15, -0.1) is 0 Å². The Morgan fingerprint density at radius 1 is 0.871 bits per heavy atom. The number of halogens is 2. The van der Waals surface area contributed by atoms with Gasteiger partial charge in [-0.1, -0.05) is 24.3 Å². The van der Waals surface area contributed by atoms with E-state index >= 15 is 0 Å². The summed E-state index contributed by atoms with van der Waals surface area (Å²) in [6.45, 7) is -0.229. The summed E-state index contributed by atoms with van der Waals surface area (Å²) < 4.78 is 55.2. The minimum atomic E-state index is -4.35. The molecule has 1 amide bonds. The van der Waals surface area contributed by atoms with Crippen LogP contribution in [0.25, 0.3) is 0 Å². The van der Waals surface area contributed by atoms with Crippen molar-refractivity contribution in [2.45, 2.75) is 11.4 Å². The summed E-state index contributed by atoms with van der Waals surface area (Å²) in [7, 11) is -4.35. The fourth-order valence-electron chi connectivity index (χ4n) is 2.63. The first-order valence-electron chi connectivity index (χ1n) is 8.85. The number of sulfonamides is 1. The molecule has 3 rings (SSSR count). The summed E-state index contributed by atoms with van der Waals surface area (Å²) in [6.07, 6.45) is 0. The summed E-state index contributed by atoms with van der Waals surface area (Å²) in [5, 5.41) is 11.2. The van der Waals surface area contributed by atoms with Crippen LogP contribution in [-0.2, 0) is 16.6 Å². The molecule has 160 valence electrons. The molecule has 0 aliphatic heterocycles. The molecule has 0 heterocycles. The lowest BCUT2D eigenvalue weighted by Crippen LogP contribution is -2.25. The van der Waals surface area contributed by atoms with E-state index in [-0.39, 0.29) is 23.4 Å². The Balaban J connectivity index is 1.78. The van der Waals surface area contributed by atoms with E-state index in [2.05, 4.69) is 10.0 Å². The van der Waals surface area contributed by atoms with Crippen molar-refractivity contribution in [3.63, 3.8) is 0 Å². The highest BCUT2D eigenvalue weighted by Crippen LogP contribution is 2.19. The second kappa shape index (κ2) is 9.02. The Bertz CT molecular complexity index is 1240. The maximum absolute atomic E-state index is 14.2. The van der Waals surface area contributed by atoms with Crippen molar-refractivity contribution in [2.75, 3.05) is 5.32 Å². The van der Waals surface area contributed by atoms with Gasteiger partial charge in [-0.2, -0.15) is 0 Å². The molecular weight excluding hydrogens is 430 g/mol. The highest BCUT2D eigenvalue weighted by atomic mass is 32.2. The van der Waals surface area contributed by atoms with E-state index in [0.29, 0.717) is 5.56 Å². The Hall–Kier alpha value is -3.63. The molecule has 0 saturated carbocycles. The second-order valence-electron chi connectivity index (χ2n) is 6.41. The molecule has 0 unspecified atom stereocenters. The van der Waals surface area contributed by atoms with Gasteiger partial charge in [0.1, 0.15) is 16.5 Å². The molecule has 0 aromatic heterocycles. The number of nitrogens with one attached hydrogen (secondary N) is 2. The third kappa shape index (κ3) is 5.30. The molecule has 31 heavy (non-hydrogen) atoms. The van der Waals surface area contributed by atoms with Crippen LogP contribution in [-0.4, -0.2) is 25.4 Å². The van der Waals surface area contributed by atoms with Crippen LogP contribution in [0, 0.1) is 11.6 Å². The highest BCUT2D eigenvalue weighted by Gasteiger charge is 2.21. The van der Waals surface area contributed by atoms with Crippen LogP contribution in [0.1, 0.15) is 26.3 Å². The molecule has 3 aromatic carbocycles. The zero-order chi connectivity index (χ0) is 22.6. The van der Waals surface area contributed by atoms with Gasteiger partial charge in [0.15, 0.2) is 0 Å². The largest absolute Gasteiger partial charge is 0.478 e. The molecule has 0 radical (unpaired) electrons. The van der Waals surface area contributed by atoms with E-state index in [4.69, 9.17) is 5.11 Å². The lowest BCUT2D eigenvalue weighted by molar-refractivity contribution is 0.0696. The number of carbonyl (C=O) groups excluding carboxylic acids is 1. The standard InChI is InChI=1S/C21H16F2N2O5S/c22-16-3-1-2-4-18(16)25-20(26)15-9-10-17(23)19(11-15)31(29,30)24-12-13-5-7-14(8-6-13)21(27)28/h1-11,24H,12H2,(H,25,26)(H,27,28). The van der Waals surface area contributed by atoms with Gasteiger partial charge in [-0.25, -0.2) is 26.7 Å². The number of carbonyl (C=O) groups is 2. The number of rotatable bonds is 7. The van der Waals surface area contributed by atoms with Crippen molar-refractivity contribution in [3.05, 3.63) is 95.1 Å². The molecule has 0 saturated heterocycles. The summed E-state index contributed by atoms with van der Waals surface area (Å²) in [5.41, 5.74) is 0.189. The number of carboxylic acids is 1. The maximum atomic E-state index is 14.2. The van der Waals surface area contributed by atoms with Gasteiger partial charge in [-0.05, 0) is 48.0 Å². The fraction of sp³-hybridized carbons (Fsp3) is 0.0476. The van der Waals surface area contributed by atoms with Crippen LogP contribution in [0.5, 0.6) is 0 Å². The third-order valence-corrected chi connectivity index (χ3v) is 5.69. The van der Waals surface area contributed by atoms with Gasteiger partial charge < -0.3 is 10.4 Å². The monoisotopic (exact) mass is 446 g/mol. The van der Waals surface area contributed by atoms with E-state index in [1.54, 1.807) is 0 Å². The predicted molar refractivity (Wildman–Crippen MR) is 108 cm³/mol. The molecule has 3 aromatic rings. The number of hydrogen-bond acceptors (Lipinski definition) is 4. The van der Waals surface area contributed by atoms with E-state index < -0.39 is 38.4 Å². The van der Waals surface area contributed by atoms with E-state index in [1.165, 1.54) is 42.5 Å². The van der Waals surface area contributed by atoms with Gasteiger partial charge in [0.2, 0.25) is 10.0 Å². The predicted octanol–water partition coefficient (Wildman–Crippen LogP) is 3.39. The van der Waals surface area contributed by atoms with Gasteiger partial charge in [-0.3, -0.25) is 4.79 Å². The van der Waals surface area contributed by atoms with Gasteiger partial charge in [0.25, 0.3) is 5.91 Å². The first-order chi connectivity index (χ1) is 14.7. The van der Waals surface area contributed by atoms with E-state index in [1.807, 2.05) is 0 Å². The molecule has 3 N–H and O–H groups in total. The second-order valence-corrected chi connectivity index (χ2v) is 8.14. The minimum Gasteiger partial charge on any atom is -0.478 e. The number of para-hydroxylation sites is 1. The van der Waals surface area contributed by atoms with Crippen molar-refractivity contribution in [1.82, 2.24) is 4.72 Å². The number of aromatic carboxylic acids is 1. The van der Waals surface area contributed by atoms with Crippen molar-refractivity contribution in [2.24, 2.45) is 0 Å². The number of anilines is 1. The zero-order valence-corrected chi connectivity index (χ0v) is 16.6. The average Bonchev–Trinajstić information content (AvgIpc) is 2.74. The highest BCUT2D eigenvalue weighted by molar-refractivity contribution is 7.89. The van der Waals surface area contributed by atoms with Crippen LogP contribution in [0.4, 0.5) is 14.5 Å². The minimum absolute atomic E-state index is 0.0335. The number of hydrogen-bond donors (Lipinski definition) is 3. The summed E-state index contributed by atoms with van der Waals surface area (Å²) in [6, 6.07) is 13.6. The van der Waals surface area contributed by atoms with Crippen LogP contribution in [0.2, 0.25) is 0 Å². The summed E-state index contributed by atoms with van der Waals surface area (Å²) in [4.78, 5) is 22.5. The van der Waals surface area contributed by atoms with Crippen LogP contribution in [0.15, 0.2) is 71.6 Å². The molecule has 0 aliphatic carbocycles. The normalized spacial score (nSPS) is 11.2. The molecule has 0 atom stereocenters. The van der Waals surface area contributed by atoms with Crippen LogP contribution < -0.4 is 10.0 Å². The van der Waals surface area contributed by atoms with E-state index in [9.17, 15) is 26.8 Å². The van der Waals surface area contributed by atoms with Crippen LogP contribution >= 0.6 is 0 Å². The Morgan fingerprint density at radius 3 is 2.16 bits per heavy atom. The lowest BCUT2D eigenvalue weighted by Gasteiger charge is -2.11.